The molecule has 5 nitrogen and oxygen atoms in total. The predicted octanol–water partition coefficient (Wildman–Crippen LogP) is 1.59. The molecular formula is C14H23N3O2. The lowest BCUT2D eigenvalue weighted by Gasteiger charge is -2.27. The minimum atomic E-state index is -0.254. The number of nitrogens with one attached hydrogen (secondary N) is 2. The van der Waals surface area contributed by atoms with Gasteiger partial charge in [0.25, 0.3) is 5.91 Å². The van der Waals surface area contributed by atoms with Crippen molar-refractivity contribution in [2.24, 2.45) is 0 Å². The van der Waals surface area contributed by atoms with Crippen molar-refractivity contribution >= 4 is 17.3 Å². The van der Waals surface area contributed by atoms with Crippen LogP contribution in [-0.4, -0.2) is 29.7 Å². The second-order valence-electron chi connectivity index (χ2n) is 5.14. The van der Waals surface area contributed by atoms with Crippen LogP contribution in [0.3, 0.4) is 0 Å². The van der Waals surface area contributed by atoms with Crippen molar-refractivity contribution in [3.63, 3.8) is 0 Å². The summed E-state index contributed by atoms with van der Waals surface area (Å²) in [5.74, 6) is -0.129. The lowest BCUT2D eigenvalue weighted by molar-refractivity contribution is 0.0956. The Balaban J connectivity index is 2.86. The molecule has 0 fully saturated rings. The maximum absolute atomic E-state index is 11.7. The topological polar surface area (TPSA) is 87.4 Å². The molecule has 0 saturated heterocycles. The Kier molecular flexibility index (Phi) is 5.18. The van der Waals surface area contributed by atoms with Gasteiger partial charge in [0.2, 0.25) is 0 Å². The molecule has 5 N–H and O–H groups in total. The maximum Gasteiger partial charge on any atom is 0.251 e. The molecule has 5 heteroatoms. The van der Waals surface area contributed by atoms with Gasteiger partial charge in [-0.05, 0) is 45.4 Å². The van der Waals surface area contributed by atoms with Crippen LogP contribution in [-0.2, 0) is 0 Å². The molecule has 0 bridgehead atoms. The van der Waals surface area contributed by atoms with E-state index in [1.165, 1.54) is 0 Å². The number of aliphatic hydroxyl groups excluding tert-OH is 1. The van der Waals surface area contributed by atoms with Crippen LogP contribution in [0, 0.1) is 0 Å². The zero-order valence-corrected chi connectivity index (χ0v) is 11.8. The highest BCUT2D eigenvalue weighted by atomic mass is 16.3. The van der Waals surface area contributed by atoms with Crippen LogP contribution in [0.15, 0.2) is 18.2 Å². The lowest BCUT2D eigenvalue weighted by atomic mass is 10.00. The molecule has 1 aromatic carbocycles. The first kappa shape index (κ1) is 15.3. The fourth-order valence-electron chi connectivity index (χ4n) is 1.79. The van der Waals surface area contributed by atoms with Crippen molar-refractivity contribution in [3.05, 3.63) is 23.8 Å². The Labute approximate surface area is 114 Å². The Bertz CT molecular complexity index is 444. The minimum absolute atomic E-state index is 0.108. The van der Waals surface area contributed by atoms with Gasteiger partial charge in [-0.1, -0.05) is 0 Å². The van der Waals surface area contributed by atoms with Gasteiger partial charge < -0.3 is 21.5 Å². The summed E-state index contributed by atoms with van der Waals surface area (Å²) in [6.07, 6.45) is 0.616. The van der Waals surface area contributed by atoms with Crippen LogP contribution in [0.5, 0.6) is 0 Å². The third kappa shape index (κ3) is 4.44. The van der Waals surface area contributed by atoms with E-state index in [0.29, 0.717) is 24.2 Å². The van der Waals surface area contributed by atoms with E-state index in [-0.39, 0.29) is 18.1 Å². The van der Waals surface area contributed by atoms with Crippen LogP contribution in [0.4, 0.5) is 11.4 Å². The van der Waals surface area contributed by atoms with E-state index in [1.54, 1.807) is 18.2 Å². The van der Waals surface area contributed by atoms with E-state index in [9.17, 15) is 4.79 Å². The molecule has 0 radical (unpaired) electrons. The number of aliphatic hydroxyl groups is 1. The molecule has 0 unspecified atom stereocenters. The fraction of sp³-hybridized carbons (Fsp3) is 0.500. The van der Waals surface area contributed by atoms with Gasteiger partial charge in [-0.15, -0.1) is 0 Å². The smallest absolute Gasteiger partial charge is 0.251 e. The van der Waals surface area contributed by atoms with Crippen LogP contribution in [0.2, 0.25) is 0 Å². The van der Waals surface area contributed by atoms with E-state index in [4.69, 9.17) is 10.8 Å². The monoisotopic (exact) mass is 265 g/mol. The van der Waals surface area contributed by atoms with Gasteiger partial charge in [0, 0.05) is 24.3 Å². The van der Waals surface area contributed by atoms with E-state index in [0.717, 1.165) is 5.69 Å². The molecule has 0 aliphatic rings. The first-order chi connectivity index (χ1) is 8.89. The average Bonchev–Trinajstić information content (AvgIpc) is 2.31. The number of nitrogens with two attached hydrogens (primary N) is 1. The molecule has 1 amide bonds. The molecule has 1 aromatic rings. The zero-order valence-electron chi connectivity index (χ0n) is 11.8. The Hall–Kier alpha value is -1.75. The van der Waals surface area contributed by atoms with Crippen LogP contribution in [0.1, 0.15) is 37.6 Å². The molecule has 0 spiro atoms. The first-order valence-electron chi connectivity index (χ1n) is 6.46. The summed E-state index contributed by atoms with van der Waals surface area (Å²) in [6.45, 7) is 6.54. The summed E-state index contributed by atoms with van der Waals surface area (Å²) in [5.41, 5.74) is 7.54. The number of hydrogen-bond donors (Lipinski definition) is 4. The number of amides is 1. The van der Waals surface area contributed by atoms with Crippen LogP contribution < -0.4 is 16.4 Å². The van der Waals surface area contributed by atoms with Crippen molar-refractivity contribution < 1.29 is 9.90 Å². The van der Waals surface area contributed by atoms with Crippen molar-refractivity contribution in [1.82, 2.24) is 5.32 Å². The highest BCUT2D eigenvalue weighted by Crippen LogP contribution is 2.25. The fourth-order valence-corrected chi connectivity index (χ4v) is 1.79. The van der Waals surface area contributed by atoms with Gasteiger partial charge in [0.05, 0.1) is 11.4 Å². The highest BCUT2D eigenvalue weighted by Gasteiger charge is 2.18. The van der Waals surface area contributed by atoms with Gasteiger partial charge in [-0.3, -0.25) is 4.79 Å². The van der Waals surface area contributed by atoms with Crippen molar-refractivity contribution in [3.8, 4) is 0 Å². The van der Waals surface area contributed by atoms with Gasteiger partial charge in [-0.25, -0.2) is 0 Å². The third-order valence-electron chi connectivity index (χ3n) is 2.86. The maximum atomic E-state index is 11.7. The molecule has 0 aliphatic carbocycles. The quantitative estimate of drug-likeness (QED) is 0.588. The number of carbonyl (C=O) groups is 1. The number of carbonyl (C=O) groups excluding carboxylic acids is 1. The molecule has 0 heterocycles. The lowest BCUT2D eigenvalue weighted by Crippen LogP contribution is -2.32. The largest absolute Gasteiger partial charge is 0.397 e. The van der Waals surface area contributed by atoms with Gasteiger partial charge >= 0.3 is 0 Å². The minimum Gasteiger partial charge on any atom is -0.397 e. The van der Waals surface area contributed by atoms with Crippen molar-refractivity contribution in [2.75, 3.05) is 24.2 Å². The summed E-state index contributed by atoms with van der Waals surface area (Å²) in [6, 6.07) is 5.18. The van der Waals surface area contributed by atoms with E-state index in [1.807, 2.05) is 20.8 Å². The van der Waals surface area contributed by atoms with Gasteiger partial charge in [-0.2, -0.15) is 0 Å². The van der Waals surface area contributed by atoms with E-state index >= 15 is 0 Å². The molecule has 1 rings (SSSR count). The summed E-state index contributed by atoms with van der Waals surface area (Å²) < 4.78 is 0. The summed E-state index contributed by atoms with van der Waals surface area (Å²) in [7, 11) is 0. The van der Waals surface area contributed by atoms with Crippen molar-refractivity contribution in [1.29, 1.82) is 0 Å². The number of nitrogen functional groups attached to an aromatic ring is 1. The molecule has 0 atom stereocenters. The van der Waals surface area contributed by atoms with Crippen molar-refractivity contribution in [2.45, 2.75) is 32.7 Å². The number of rotatable bonds is 6. The zero-order chi connectivity index (χ0) is 14.5. The summed E-state index contributed by atoms with van der Waals surface area (Å²) >= 11 is 0. The highest BCUT2D eigenvalue weighted by molar-refractivity contribution is 5.96. The number of anilines is 2. The second kappa shape index (κ2) is 6.43. The summed E-state index contributed by atoms with van der Waals surface area (Å²) in [5, 5.41) is 15.0. The molecule has 19 heavy (non-hydrogen) atoms. The average molecular weight is 265 g/mol. The molecule has 0 saturated carbocycles. The third-order valence-corrected chi connectivity index (χ3v) is 2.86. The first-order valence-corrected chi connectivity index (χ1v) is 6.46. The molecule has 106 valence electrons. The molecular weight excluding hydrogens is 242 g/mol. The SMILES string of the molecule is CCNC(=O)c1ccc(NC(C)(C)CCO)c(N)c1. The van der Waals surface area contributed by atoms with Gasteiger partial charge in [0.15, 0.2) is 0 Å². The standard InChI is InChI=1S/C14H23N3O2/c1-4-16-13(19)10-5-6-12(11(15)9-10)17-14(2,3)7-8-18/h5-6,9,17-18H,4,7-8,15H2,1-3H3,(H,16,19). The normalized spacial score (nSPS) is 11.2. The second-order valence-corrected chi connectivity index (χ2v) is 5.14. The van der Waals surface area contributed by atoms with Crippen LogP contribution in [0.25, 0.3) is 0 Å². The number of hydrogen-bond acceptors (Lipinski definition) is 4. The Morgan fingerprint density at radius 1 is 1.42 bits per heavy atom. The molecule has 0 aromatic heterocycles. The Morgan fingerprint density at radius 3 is 2.63 bits per heavy atom. The Morgan fingerprint density at radius 2 is 2.11 bits per heavy atom. The van der Waals surface area contributed by atoms with Gasteiger partial charge in [0.1, 0.15) is 0 Å². The van der Waals surface area contributed by atoms with E-state index < -0.39 is 0 Å². The molecule has 0 aliphatic heterocycles. The predicted molar refractivity (Wildman–Crippen MR) is 78.3 cm³/mol. The van der Waals surface area contributed by atoms with Crippen LogP contribution >= 0.6 is 0 Å². The number of benzene rings is 1. The summed E-state index contributed by atoms with van der Waals surface area (Å²) in [4.78, 5) is 11.7. The van der Waals surface area contributed by atoms with E-state index in [2.05, 4.69) is 10.6 Å².